The number of hydrogen-bond acceptors (Lipinski definition) is 3. The molecule has 0 saturated carbocycles. The Kier molecular flexibility index (Phi) is 5.17. The van der Waals surface area contributed by atoms with Gasteiger partial charge in [-0.1, -0.05) is 35.9 Å². The number of carboxylic acids is 1. The third-order valence-electron chi connectivity index (χ3n) is 3.01. The third-order valence-corrected chi connectivity index (χ3v) is 4.43. The topological polar surface area (TPSA) is 49.3 Å². The van der Waals surface area contributed by atoms with Crippen molar-refractivity contribution in [1.82, 2.24) is 5.32 Å². The van der Waals surface area contributed by atoms with E-state index < -0.39 is 5.97 Å². The Morgan fingerprint density at radius 2 is 1.90 bits per heavy atom. The molecule has 2 rings (SSSR count). The van der Waals surface area contributed by atoms with Crippen molar-refractivity contribution in [1.29, 1.82) is 0 Å². The first-order valence-electron chi connectivity index (χ1n) is 6.33. The maximum atomic E-state index is 10.6. The lowest BCUT2D eigenvalue weighted by Gasteiger charge is -2.12. The average molecular weight is 310 g/mol. The first-order valence-corrected chi connectivity index (χ1v) is 7.52. The van der Waals surface area contributed by atoms with Gasteiger partial charge in [0.15, 0.2) is 0 Å². The fraction of sp³-hybridized carbons (Fsp3) is 0.267. The summed E-state index contributed by atoms with van der Waals surface area (Å²) >= 11 is 7.50. The standard InChI is InChI=1S/C15H16ClNO2S/c1-10(13-6-7-14(16)20-13)17-9-12-4-2-11(3-5-12)8-15(18)19/h2-7,10,17H,8-9H2,1H3,(H,18,19). The second kappa shape index (κ2) is 6.88. The Morgan fingerprint density at radius 3 is 2.45 bits per heavy atom. The van der Waals surface area contributed by atoms with E-state index in [0.717, 1.165) is 22.0 Å². The second-order valence-corrected chi connectivity index (χ2v) is 6.38. The molecule has 1 aromatic heterocycles. The molecule has 20 heavy (non-hydrogen) atoms. The van der Waals surface area contributed by atoms with Crippen LogP contribution in [0.1, 0.15) is 29.0 Å². The first-order chi connectivity index (χ1) is 9.54. The molecule has 2 aromatic rings. The van der Waals surface area contributed by atoms with Gasteiger partial charge in [0.05, 0.1) is 10.8 Å². The van der Waals surface area contributed by atoms with Crippen LogP contribution in [0.4, 0.5) is 0 Å². The SMILES string of the molecule is CC(NCc1ccc(CC(=O)O)cc1)c1ccc(Cl)s1. The zero-order chi connectivity index (χ0) is 14.5. The van der Waals surface area contributed by atoms with E-state index in [1.165, 1.54) is 4.88 Å². The van der Waals surface area contributed by atoms with Gasteiger partial charge in [0.25, 0.3) is 0 Å². The fourth-order valence-corrected chi connectivity index (χ4v) is 2.97. The van der Waals surface area contributed by atoms with Crippen LogP contribution < -0.4 is 5.32 Å². The number of halogens is 1. The lowest BCUT2D eigenvalue weighted by atomic mass is 10.1. The normalized spacial score (nSPS) is 12.3. The van der Waals surface area contributed by atoms with Gasteiger partial charge in [-0.15, -0.1) is 11.3 Å². The number of rotatable bonds is 6. The molecule has 1 atom stereocenters. The maximum absolute atomic E-state index is 10.6. The van der Waals surface area contributed by atoms with Crippen LogP contribution in [0, 0.1) is 0 Å². The summed E-state index contributed by atoms with van der Waals surface area (Å²) in [6.07, 6.45) is 0.0673. The van der Waals surface area contributed by atoms with E-state index in [1.54, 1.807) is 11.3 Å². The van der Waals surface area contributed by atoms with Gasteiger partial charge in [0.1, 0.15) is 0 Å². The molecule has 0 saturated heterocycles. The minimum atomic E-state index is -0.806. The number of nitrogens with one attached hydrogen (secondary N) is 1. The molecule has 106 valence electrons. The predicted octanol–water partition coefficient (Wildman–Crippen LogP) is 3.88. The van der Waals surface area contributed by atoms with Crippen LogP contribution in [0.25, 0.3) is 0 Å². The Morgan fingerprint density at radius 1 is 1.25 bits per heavy atom. The molecule has 1 heterocycles. The third kappa shape index (κ3) is 4.34. The minimum Gasteiger partial charge on any atom is -0.481 e. The van der Waals surface area contributed by atoms with Gasteiger partial charge in [0.2, 0.25) is 0 Å². The van der Waals surface area contributed by atoms with Gasteiger partial charge in [-0.3, -0.25) is 4.79 Å². The van der Waals surface area contributed by atoms with Gasteiger partial charge >= 0.3 is 5.97 Å². The fourth-order valence-electron chi connectivity index (χ4n) is 1.88. The molecule has 0 aliphatic carbocycles. The first kappa shape index (κ1) is 15.0. The van der Waals surface area contributed by atoms with Crippen LogP contribution in [-0.4, -0.2) is 11.1 Å². The molecule has 5 heteroatoms. The smallest absolute Gasteiger partial charge is 0.307 e. The highest BCUT2D eigenvalue weighted by Crippen LogP contribution is 2.26. The molecule has 1 unspecified atom stereocenters. The van der Waals surface area contributed by atoms with Crippen molar-refractivity contribution < 1.29 is 9.90 Å². The summed E-state index contributed by atoms with van der Waals surface area (Å²) in [5.41, 5.74) is 1.95. The van der Waals surface area contributed by atoms with Gasteiger partial charge in [-0.2, -0.15) is 0 Å². The Balaban J connectivity index is 1.89. The molecule has 0 fully saturated rings. The molecule has 1 aromatic carbocycles. The lowest BCUT2D eigenvalue weighted by molar-refractivity contribution is -0.136. The van der Waals surface area contributed by atoms with Crippen LogP contribution in [0.15, 0.2) is 36.4 Å². The molecule has 0 aliphatic heterocycles. The van der Waals surface area contributed by atoms with Crippen molar-refractivity contribution in [2.75, 3.05) is 0 Å². The molecule has 2 N–H and O–H groups in total. The second-order valence-electron chi connectivity index (χ2n) is 4.63. The van der Waals surface area contributed by atoms with Crippen molar-refractivity contribution in [3.05, 3.63) is 56.7 Å². The Bertz CT molecular complexity index is 580. The van der Waals surface area contributed by atoms with Gasteiger partial charge < -0.3 is 10.4 Å². The van der Waals surface area contributed by atoms with E-state index in [9.17, 15) is 4.79 Å². The number of carbonyl (C=O) groups is 1. The highest BCUT2D eigenvalue weighted by atomic mass is 35.5. The largest absolute Gasteiger partial charge is 0.481 e. The lowest BCUT2D eigenvalue weighted by Crippen LogP contribution is -2.17. The van der Waals surface area contributed by atoms with Gasteiger partial charge in [-0.25, -0.2) is 0 Å². The number of hydrogen-bond donors (Lipinski definition) is 2. The molecule has 0 bridgehead atoms. The van der Waals surface area contributed by atoms with Gasteiger partial charge in [-0.05, 0) is 30.2 Å². The van der Waals surface area contributed by atoms with Crippen LogP contribution in [0.5, 0.6) is 0 Å². The van der Waals surface area contributed by atoms with E-state index in [2.05, 4.69) is 12.2 Å². The summed E-state index contributed by atoms with van der Waals surface area (Å²) < 4.78 is 0.798. The molecule has 0 aliphatic rings. The number of aliphatic carboxylic acids is 1. The van der Waals surface area contributed by atoms with Crippen molar-refractivity contribution in [3.8, 4) is 0 Å². The van der Waals surface area contributed by atoms with Crippen LogP contribution >= 0.6 is 22.9 Å². The van der Waals surface area contributed by atoms with E-state index in [0.29, 0.717) is 0 Å². The number of carboxylic acid groups (broad SMARTS) is 1. The quantitative estimate of drug-likeness (QED) is 0.851. The van der Waals surface area contributed by atoms with E-state index >= 15 is 0 Å². The summed E-state index contributed by atoms with van der Waals surface area (Å²) in [5, 5.41) is 12.1. The molecular weight excluding hydrogens is 294 g/mol. The van der Waals surface area contributed by atoms with Gasteiger partial charge in [0, 0.05) is 17.5 Å². The summed E-state index contributed by atoms with van der Waals surface area (Å²) in [5.74, 6) is -0.806. The van der Waals surface area contributed by atoms with E-state index in [-0.39, 0.29) is 12.5 Å². The van der Waals surface area contributed by atoms with Crippen LogP contribution in [-0.2, 0) is 17.8 Å². The van der Waals surface area contributed by atoms with E-state index in [4.69, 9.17) is 16.7 Å². The van der Waals surface area contributed by atoms with Crippen molar-refractivity contribution in [2.45, 2.75) is 25.9 Å². The van der Waals surface area contributed by atoms with Crippen molar-refractivity contribution in [2.24, 2.45) is 0 Å². The molecule has 3 nitrogen and oxygen atoms in total. The summed E-state index contributed by atoms with van der Waals surface area (Å²) in [4.78, 5) is 11.8. The summed E-state index contributed by atoms with van der Waals surface area (Å²) in [6, 6.07) is 11.8. The molecule has 0 radical (unpaired) electrons. The highest BCUT2D eigenvalue weighted by Gasteiger charge is 2.07. The van der Waals surface area contributed by atoms with Crippen molar-refractivity contribution in [3.63, 3.8) is 0 Å². The Labute approximate surface area is 127 Å². The van der Waals surface area contributed by atoms with Crippen LogP contribution in [0.3, 0.4) is 0 Å². The predicted molar refractivity (Wildman–Crippen MR) is 82.4 cm³/mol. The Hall–Kier alpha value is -1.36. The zero-order valence-corrected chi connectivity index (χ0v) is 12.7. The minimum absolute atomic E-state index is 0.0673. The molecule has 0 spiro atoms. The van der Waals surface area contributed by atoms with Crippen LogP contribution in [0.2, 0.25) is 4.34 Å². The van der Waals surface area contributed by atoms with Crippen molar-refractivity contribution >= 4 is 28.9 Å². The molecule has 0 amide bonds. The number of benzene rings is 1. The number of thiophene rings is 1. The average Bonchev–Trinajstić information content (AvgIpc) is 2.84. The highest BCUT2D eigenvalue weighted by molar-refractivity contribution is 7.16. The zero-order valence-electron chi connectivity index (χ0n) is 11.1. The summed E-state index contributed by atoms with van der Waals surface area (Å²) in [7, 11) is 0. The molecular formula is C15H16ClNO2S. The maximum Gasteiger partial charge on any atom is 0.307 e. The summed E-state index contributed by atoms with van der Waals surface area (Å²) in [6.45, 7) is 2.84. The monoisotopic (exact) mass is 309 g/mol. The van der Waals surface area contributed by atoms with E-state index in [1.807, 2.05) is 36.4 Å².